The number of hydrogen-bond acceptors (Lipinski definition) is 4. The molecule has 3 heterocycles. The fourth-order valence-corrected chi connectivity index (χ4v) is 3.84. The van der Waals surface area contributed by atoms with E-state index in [0.29, 0.717) is 12.1 Å². The number of amides is 1. The number of hydrogen-bond donors (Lipinski definition) is 1. The van der Waals surface area contributed by atoms with Crippen LogP contribution in [0.2, 0.25) is 0 Å². The number of para-hydroxylation sites is 1. The third-order valence-corrected chi connectivity index (χ3v) is 5.63. The van der Waals surface area contributed by atoms with Gasteiger partial charge in [-0.1, -0.05) is 18.2 Å². The van der Waals surface area contributed by atoms with Gasteiger partial charge in [-0.25, -0.2) is 9.67 Å². The van der Waals surface area contributed by atoms with Crippen molar-refractivity contribution >= 4 is 49.9 Å². The number of rotatable bonds is 4. The first-order valence-corrected chi connectivity index (χ1v) is 9.81. The maximum atomic E-state index is 13.0. The molecule has 5 nitrogen and oxygen atoms in total. The van der Waals surface area contributed by atoms with Gasteiger partial charge in [0, 0.05) is 11.0 Å². The summed E-state index contributed by atoms with van der Waals surface area (Å²) >= 11 is 5.06. The molecule has 26 heavy (non-hydrogen) atoms. The number of aryl methyl sites for hydroxylation is 1. The molecule has 7 heteroatoms. The summed E-state index contributed by atoms with van der Waals surface area (Å²) in [6.45, 7) is 2.70. The van der Waals surface area contributed by atoms with Gasteiger partial charge in [0.1, 0.15) is 0 Å². The fourth-order valence-electron chi connectivity index (χ4n) is 2.77. The molecule has 0 aliphatic heterocycles. The fraction of sp³-hybridized carbons (Fsp3) is 0.105. The van der Waals surface area contributed by atoms with Gasteiger partial charge in [0.2, 0.25) is 0 Å². The summed E-state index contributed by atoms with van der Waals surface area (Å²) in [5.41, 5.74) is 2.78. The average molecular weight is 427 g/mol. The standard InChI is InChI=1S/C19H15BrN4OS/c1-2-24-18-13(11-21-24)12(10-16(22-18)17-8-5-9-26-17)19(25)23-15-7-4-3-6-14(15)20/h3-11H,2H2,1H3,(H,23,25). The topological polar surface area (TPSA) is 59.8 Å². The lowest BCUT2D eigenvalue weighted by Gasteiger charge is -2.10. The van der Waals surface area contributed by atoms with Crippen LogP contribution in [0.5, 0.6) is 0 Å². The summed E-state index contributed by atoms with van der Waals surface area (Å²) in [5, 5.41) is 10.1. The molecule has 0 radical (unpaired) electrons. The lowest BCUT2D eigenvalue weighted by molar-refractivity contribution is 0.102. The minimum Gasteiger partial charge on any atom is -0.321 e. The Balaban J connectivity index is 1.84. The Morgan fingerprint density at radius 1 is 1.27 bits per heavy atom. The van der Waals surface area contributed by atoms with E-state index in [1.54, 1.807) is 17.5 Å². The van der Waals surface area contributed by atoms with Gasteiger partial charge in [-0.3, -0.25) is 4.79 Å². The van der Waals surface area contributed by atoms with Gasteiger partial charge in [-0.2, -0.15) is 5.10 Å². The predicted molar refractivity (Wildman–Crippen MR) is 109 cm³/mol. The first kappa shape index (κ1) is 16.9. The Kier molecular flexibility index (Phi) is 4.57. The molecule has 1 amide bonds. The third kappa shape index (κ3) is 3.04. The monoisotopic (exact) mass is 426 g/mol. The summed E-state index contributed by atoms with van der Waals surface area (Å²) in [5.74, 6) is -0.183. The van der Waals surface area contributed by atoms with Crippen molar-refractivity contribution < 1.29 is 4.79 Å². The summed E-state index contributed by atoms with van der Waals surface area (Å²) in [7, 11) is 0. The van der Waals surface area contributed by atoms with Crippen molar-refractivity contribution in [2.75, 3.05) is 5.32 Å². The summed E-state index contributed by atoms with van der Waals surface area (Å²) in [4.78, 5) is 18.8. The lowest BCUT2D eigenvalue weighted by atomic mass is 10.1. The highest BCUT2D eigenvalue weighted by Gasteiger charge is 2.18. The minimum absolute atomic E-state index is 0.183. The normalized spacial score (nSPS) is 11.0. The summed E-state index contributed by atoms with van der Waals surface area (Å²) in [6.07, 6.45) is 1.71. The largest absolute Gasteiger partial charge is 0.321 e. The van der Waals surface area contributed by atoms with Crippen molar-refractivity contribution in [2.24, 2.45) is 0 Å². The molecule has 1 aromatic carbocycles. The van der Waals surface area contributed by atoms with Crippen molar-refractivity contribution in [1.29, 1.82) is 0 Å². The summed E-state index contributed by atoms with van der Waals surface area (Å²) in [6, 6.07) is 13.4. The number of benzene rings is 1. The van der Waals surface area contributed by atoms with Crippen molar-refractivity contribution in [3.8, 4) is 10.6 Å². The first-order chi connectivity index (χ1) is 12.7. The maximum absolute atomic E-state index is 13.0. The molecular weight excluding hydrogens is 412 g/mol. The van der Waals surface area contributed by atoms with Crippen LogP contribution < -0.4 is 5.32 Å². The number of aromatic nitrogens is 3. The van der Waals surface area contributed by atoms with Crippen molar-refractivity contribution in [2.45, 2.75) is 13.5 Å². The number of nitrogens with zero attached hydrogens (tertiary/aromatic N) is 3. The number of pyridine rings is 1. The van der Waals surface area contributed by atoms with Crippen LogP contribution in [0, 0.1) is 0 Å². The first-order valence-electron chi connectivity index (χ1n) is 8.13. The molecule has 0 bridgehead atoms. The van der Waals surface area contributed by atoms with Crippen LogP contribution in [0.25, 0.3) is 21.6 Å². The molecule has 4 rings (SSSR count). The molecule has 0 aliphatic rings. The second-order valence-electron chi connectivity index (χ2n) is 5.66. The van der Waals surface area contributed by atoms with E-state index in [9.17, 15) is 4.79 Å². The van der Waals surface area contributed by atoms with Crippen molar-refractivity contribution in [3.63, 3.8) is 0 Å². The van der Waals surface area contributed by atoms with E-state index >= 15 is 0 Å². The molecule has 1 N–H and O–H groups in total. The Bertz CT molecular complexity index is 1090. The second-order valence-corrected chi connectivity index (χ2v) is 7.47. The van der Waals surface area contributed by atoms with Crippen LogP contribution in [0.3, 0.4) is 0 Å². The number of nitrogens with one attached hydrogen (secondary N) is 1. The van der Waals surface area contributed by atoms with Gasteiger partial charge >= 0.3 is 0 Å². The molecule has 3 aromatic heterocycles. The highest BCUT2D eigenvalue weighted by atomic mass is 79.9. The zero-order chi connectivity index (χ0) is 18.1. The van der Waals surface area contributed by atoms with Gasteiger partial charge in [0.25, 0.3) is 5.91 Å². The maximum Gasteiger partial charge on any atom is 0.256 e. The highest BCUT2D eigenvalue weighted by molar-refractivity contribution is 9.10. The highest BCUT2D eigenvalue weighted by Crippen LogP contribution is 2.29. The number of carbonyl (C=O) groups excluding carboxylic acids is 1. The molecule has 0 spiro atoms. The van der Waals surface area contributed by atoms with E-state index in [-0.39, 0.29) is 5.91 Å². The molecule has 0 aliphatic carbocycles. The van der Waals surface area contributed by atoms with Crippen LogP contribution in [0.4, 0.5) is 5.69 Å². The number of thiophene rings is 1. The number of anilines is 1. The molecule has 0 fully saturated rings. The van der Waals surface area contributed by atoms with Crippen molar-refractivity contribution in [1.82, 2.24) is 14.8 Å². The van der Waals surface area contributed by atoms with E-state index in [4.69, 9.17) is 4.98 Å². The third-order valence-electron chi connectivity index (χ3n) is 4.05. The van der Waals surface area contributed by atoms with E-state index in [1.165, 1.54) is 0 Å². The molecule has 4 aromatic rings. The number of fused-ring (bicyclic) bond motifs is 1. The molecular formula is C19H15BrN4OS. The van der Waals surface area contributed by atoms with Gasteiger partial charge in [0.05, 0.1) is 33.4 Å². The van der Waals surface area contributed by atoms with Crippen LogP contribution in [0.1, 0.15) is 17.3 Å². The number of halogens is 1. The van der Waals surface area contributed by atoms with Gasteiger partial charge in [0.15, 0.2) is 5.65 Å². The van der Waals surface area contributed by atoms with Crippen LogP contribution in [-0.2, 0) is 6.54 Å². The lowest BCUT2D eigenvalue weighted by Crippen LogP contribution is -2.13. The van der Waals surface area contributed by atoms with E-state index < -0.39 is 0 Å². The quantitative estimate of drug-likeness (QED) is 0.487. The van der Waals surface area contributed by atoms with E-state index in [2.05, 4.69) is 26.3 Å². The zero-order valence-corrected chi connectivity index (χ0v) is 16.3. The molecule has 0 atom stereocenters. The van der Waals surface area contributed by atoms with Crippen molar-refractivity contribution in [3.05, 3.63) is 64.1 Å². The predicted octanol–water partition coefficient (Wildman–Crippen LogP) is 5.19. The van der Waals surface area contributed by atoms with E-state index in [1.807, 2.05) is 59.5 Å². The molecule has 0 unspecified atom stereocenters. The SMILES string of the molecule is CCn1ncc2c(C(=O)Nc3ccccc3Br)cc(-c3cccs3)nc21. The van der Waals surface area contributed by atoms with Gasteiger partial charge in [-0.05, 0) is 52.5 Å². The van der Waals surface area contributed by atoms with Gasteiger partial charge in [-0.15, -0.1) is 11.3 Å². The molecule has 0 saturated heterocycles. The average Bonchev–Trinajstić information content (AvgIpc) is 3.32. The zero-order valence-electron chi connectivity index (χ0n) is 13.9. The second kappa shape index (κ2) is 7.01. The van der Waals surface area contributed by atoms with Crippen LogP contribution in [-0.4, -0.2) is 20.7 Å². The van der Waals surface area contributed by atoms with E-state index in [0.717, 1.165) is 31.8 Å². The smallest absolute Gasteiger partial charge is 0.256 e. The van der Waals surface area contributed by atoms with Crippen LogP contribution >= 0.6 is 27.3 Å². The minimum atomic E-state index is -0.183. The Labute approximate surface area is 162 Å². The molecule has 130 valence electrons. The molecule has 0 saturated carbocycles. The Hall–Kier alpha value is -2.51. The number of carbonyl (C=O) groups is 1. The van der Waals surface area contributed by atoms with Crippen LogP contribution in [0.15, 0.2) is 58.5 Å². The Morgan fingerprint density at radius 3 is 2.85 bits per heavy atom. The Morgan fingerprint density at radius 2 is 2.12 bits per heavy atom. The summed E-state index contributed by atoms with van der Waals surface area (Å²) < 4.78 is 2.64. The van der Waals surface area contributed by atoms with Gasteiger partial charge < -0.3 is 5.32 Å².